The number of halogens is 1. The van der Waals surface area contributed by atoms with Gasteiger partial charge < -0.3 is 15.3 Å². The lowest BCUT2D eigenvalue weighted by Gasteiger charge is -2.27. The van der Waals surface area contributed by atoms with Crippen molar-refractivity contribution in [3.05, 3.63) is 33.8 Å². The number of aliphatic carboxylic acids is 1. The Morgan fingerprint density at radius 3 is 2.57 bits per heavy atom. The van der Waals surface area contributed by atoms with Gasteiger partial charge in [0, 0.05) is 24.5 Å². The Morgan fingerprint density at radius 1 is 1.35 bits per heavy atom. The number of rotatable bonds is 7. The van der Waals surface area contributed by atoms with Crippen LogP contribution in [0.5, 0.6) is 0 Å². The molecule has 1 aromatic carbocycles. The summed E-state index contributed by atoms with van der Waals surface area (Å²) >= 11 is 3.42. The Kier molecular flexibility index (Phi) is 7.22. The van der Waals surface area contributed by atoms with Crippen molar-refractivity contribution in [2.24, 2.45) is 0 Å². The fraction of sp³-hybridized carbons (Fsp3) is 0.438. The van der Waals surface area contributed by atoms with Gasteiger partial charge in [0.1, 0.15) is 6.04 Å². The van der Waals surface area contributed by atoms with Gasteiger partial charge >= 0.3 is 5.97 Å². The number of amides is 2. The molecule has 0 aliphatic carbocycles. The first-order chi connectivity index (χ1) is 10.7. The molecule has 0 bridgehead atoms. The zero-order valence-corrected chi connectivity index (χ0v) is 15.0. The van der Waals surface area contributed by atoms with Crippen LogP contribution in [0.2, 0.25) is 0 Å². The largest absolute Gasteiger partial charge is 0.480 e. The first-order valence-electron chi connectivity index (χ1n) is 7.24. The summed E-state index contributed by atoms with van der Waals surface area (Å²) in [5, 5.41) is 11.8. The van der Waals surface area contributed by atoms with E-state index in [0.717, 1.165) is 15.6 Å². The average molecular weight is 385 g/mol. The van der Waals surface area contributed by atoms with Gasteiger partial charge in [0.15, 0.2) is 0 Å². The van der Waals surface area contributed by atoms with Crippen molar-refractivity contribution in [1.82, 2.24) is 10.2 Å². The monoisotopic (exact) mass is 384 g/mol. The molecule has 6 nitrogen and oxygen atoms in total. The molecule has 0 spiro atoms. The zero-order chi connectivity index (χ0) is 17.6. The van der Waals surface area contributed by atoms with E-state index in [1.54, 1.807) is 0 Å². The molecular weight excluding hydrogens is 364 g/mol. The minimum Gasteiger partial charge on any atom is -0.480 e. The third-order valence-corrected chi connectivity index (χ3v) is 4.45. The highest BCUT2D eigenvalue weighted by atomic mass is 79.9. The normalized spacial score (nSPS) is 11.7. The molecule has 0 radical (unpaired) electrons. The third kappa shape index (κ3) is 5.67. The summed E-state index contributed by atoms with van der Waals surface area (Å²) in [6, 6.07) is 4.61. The lowest BCUT2D eigenvalue weighted by molar-refractivity contribution is -0.149. The van der Waals surface area contributed by atoms with Crippen LogP contribution in [0, 0.1) is 6.92 Å². The average Bonchev–Trinajstić information content (AvgIpc) is 2.47. The summed E-state index contributed by atoms with van der Waals surface area (Å²) in [6.07, 6.45) is 0.114. The minimum absolute atomic E-state index is 0.114. The number of carboxylic acid groups (broad SMARTS) is 1. The predicted molar refractivity (Wildman–Crippen MR) is 90.1 cm³/mol. The van der Waals surface area contributed by atoms with E-state index in [-0.39, 0.29) is 31.3 Å². The molecular formula is C16H21BrN2O4. The van der Waals surface area contributed by atoms with E-state index in [2.05, 4.69) is 21.2 Å². The number of carbonyl (C=O) groups is 3. The molecule has 2 N–H and O–H groups in total. The summed E-state index contributed by atoms with van der Waals surface area (Å²) < 4.78 is 0.902. The fourth-order valence-electron chi connectivity index (χ4n) is 2.13. The molecule has 0 aromatic heterocycles. The van der Waals surface area contributed by atoms with Crippen LogP contribution in [-0.2, 0) is 20.8 Å². The van der Waals surface area contributed by atoms with Crippen LogP contribution in [0.15, 0.2) is 22.7 Å². The number of hydrogen-bond acceptors (Lipinski definition) is 3. The van der Waals surface area contributed by atoms with E-state index in [1.807, 2.05) is 25.1 Å². The van der Waals surface area contributed by atoms with E-state index in [0.29, 0.717) is 0 Å². The van der Waals surface area contributed by atoms with Crippen molar-refractivity contribution in [3.8, 4) is 0 Å². The Morgan fingerprint density at radius 2 is 2.00 bits per heavy atom. The SMILES string of the molecule is CC(=O)NCCN(C(=O)Cc1cccc(Br)c1C)C(C)C(=O)O. The summed E-state index contributed by atoms with van der Waals surface area (Å²) in [4.78, 5) is 36.0. The van der Waals surface area contributed by atoms with Gasteiger partial charge in [0.25, 0.3) is 0 Å². The van der Waals surface area contributed by atoms with Gasteiger partial charge in [-0.05, 0) is 31.0 Å². The standard InChI is InChI=1S/C16H21BrN2O4/c1-10-13(5-4-6-14(10)17)9-15(21)19(11(2)16(22)23)8-7-18-12(3)20/h4-6,11H,7-9H2,1-3H3,(H,18,20)(H,22,23). The second-order valence-corrected chi connectivity index (χ2v) is 6.14. The van der Waals surface area contributed by atoms with Crippen molar-refractivity contribution in [3.63, 3.8) is 0 Å². The Labute approximate surface area is 144 Å². The highest BCUT2D eigenvalue weighted by Crippen LogP contribution is 2.20. The second-order valence-electron chi connectivity index (χ2n) is 5.29. The molecule has 126 valence electrons. The van der Waals surface area contributed by atoms with Crippen molar-refractivity contribution >= 4 is 33.7 Å². The quantitative estimate of drug-likeness (QED) is 0.749. The molecule has 1 atom stereocenters. The molecule has 0 saturated carbocycles. The van der Waals surface area contributed by atoms with Crippen molar-refractivity contribution < 1.29 is 19.5 Å². The van der Waals surface area contributed by atoms with E-state index >= 15 is 0 Å². The van der Waals surface area contributed by atoms with Crippen LogP contribution in [0.4, 0.5) is 0 Å². The first-order valence-corrected chi connectivity index (χ1v) is 8.04. The molecule has 0 saturated heterocycles. The number of carbonyl (C=O) groups excluding carboxylic acids is 2. The fourth-order valence-corrected chi connectivity index (χ4v) is 2.54. The summed E-state index contributed by atoms with van der Waals surface area (Å²) in [6.45, 7) is 5.10. The molecule has 1 aromatic rings. The van der Waals surface area contributed by atoms with Gasteiger partial charge in [-0.2, -0.15) is 0 Å². The van der Waals surface area contributed by atoms with Gasteiger partial charge in [-0.3, -0.25) is 9.59 Å². The number of benzene rings is 1. The summed E-state index contributed by atoms with van der Waals surface area (Å²) in [5.74, 6) is -1.58. The third-order valence-electron chi connectivity index (χ3n) is 3.59. The van der Waals surface area contributed by atoms with Crippen LogP contribution in [0.25, 0.3) is 0 Å². The Bertz CT molecular complexity index is 604. The van der Waals surface area contributed by atoms with E-state index in [9.17, 15) is 19.5 Å². The Balaban J connectivity index is 2.87. The maximum Gasteiger partial charge on any atom is 0.326 e. The van der Waals surface area contributed by atoms with Crippen LogP contribution in [0.1, 0.15) is 25.0 Å². The molecule has 1 rings (SSSR count). The van der Waals surface area contributed by atoms with Gasteiger partial charge in [0.2, 0.25) is 11.8 Å². The maximum atomic E-state index is 12.5. The van der Waals surface area contributed by atoms with Crippen molar-refractivity contribution in [2.75, 3.05) is 13.1 Å². The van der Waals surface area contributed by atoms with Gasteiger partial charge in [-0.15, -0.1) is 0 Å². The highest BCUT2D eigenvalue weighted by Gasteiger charge is 2.25. The molecule has 7 heteroatoms. The molecule has 23 heavy (non-hydrogen) atoms. The van der Waals surface area contributed by atoms with Gasteiger partial charge in [-0.1, -0.05) is 28.1 Å². The van der Waals surface area contributed by atoms with E-state index < -0.39 is 12.0 Å². The van der Waals surface area contributed by atoms with Crippen LogP contribution >= 0.6 is 15.9 Å². The second kappa shape index (κ2) is 8.67. The van der Waals surface area contributed by atoms with E-state index in [4.69, 9.17) is 0 Å². The highest BCUT2D eigenvalue weighted by molar-refractivity contribution is 9.10. The number of nitrogens with one attached hydrogen (secondary N) is 1. The van der Waals surface area contributed by atoms with Crippen molar-refractivity contribution in [2.45, 2.75) is 33.2 Å². The lowest BCUT2D eigenvalue weighted by Crippen LogP contribution is -2.47. The van der Waals surface area contributed by atoms with Crippen molar-refractivity contribution in [1.29, 1.82) is 0 Å². The van der Waals surface area contributed by atoms with Crippen LogP contribution < -0.4 is 5.32 Å². The summed E-state index contributed by atoms with van der Waals surface area (Å²) in [5.41, 5.74) is 1.79. The minimum atomic E-state index is -1.08. The molecule has 0 heterocycles. The number of hydrogen-bond donors (Lipinski definition) is 2. The molecule has 0 fully saturated rings. The number of carboxylic acids is 1. The maximum absolute atomic E-state index is 12.5. The topological polar surface area (TPSA) is 86.7 Å². The number of nitrogens with zero attached hydrogens (tertiary/aromatic N) is 1. The summed E-state index contributed by atoms with van der Waals surface area (Å²) in [7, 11) is 0. The zero-order valence-electron chi connectivity index (χ0n) is 13.4. The van der Waals surface area contributed by atoms with E-state index in [1.165, 1.54) is 18.7 Å². The van der Waals surface area contributed by atoms with Gasteiger partial charge in [-0.25, -0.2) is 4.79 Å². The molecule has 0 aliphatic rings. The molecule has 1 unspecified atom stereocenters. The first kappa shape index (κ1) is 19.2. The predicted octanol–water partition coefficient (Wildman–Crippen LogP) is 1.74. The molecule has 2 amide bonds. The molecule has 0 aliphatic heterocycles. The van der Waals surface area contributed by atoms with Crippen LogP contribution in [-0.4, -0.2) is 46.9 Å². The van der Waals surface area contributed by atoms with Gasteiger partial charge in [0.05, 0.1) is 6.42 Å². The Hall–Kier alpha value is -1.89. The van der Waals surface area contributed by atoms with Crippen LogP contribution in [0.3, 0.4) is 0 Å². The lowest BCUT2D eigenvalue weighted by atomic mass is 10.0. The smallest absolute Gasteiger partial charge is 0.326 e.